The normalized spacial score (nSPS) is 12.4. The Morgan fingerprint density at radius 1 is 1.28 bits per heavy atom. The van der Waals surface area contributed by atoms with Gasteiger partial charge in [0.25, 0.3) is 0 Å². The molecule has 0 amide bonds. The molecule has 0 aromatic heterocycles. The van der Waals surface area contributed by atoms with Crippen molar-refractivity contribution in [2.45, 2.75) is 32.4 Å². The van der Waals surface area contributed by atoms with E-state index in [1.54, 1.807) is 0 Å². The van der Waals surface area contributed by atoms with Crippen LogP contribution in [0.25, 0.3) is 0 Å². The molecule has 1 unspecified atom stereocenters. The molecule has 0 aliphatic carbocycles. The molecule has 0 spiro atoms. The summed E-state index contributed by atoms with van der Waals surface area (Å²) in [6, 6.07) is 0.340. The summed E-state index contributed by atoms with van der Waals surface area (Å²) in [6.45, 7) is 1.65. The fourth-order valence-electron chi connectivity index (χ4n) is 1.53. The first-order chi connectivity index (χ1) is 8.45. The summed E-state index contributed by atoms with van der Waals surface area (Å²) >= 11 is 0. The van der Waals surface area contributed by atoms with Gasteiger partial charge in [-0.15, -0.1) is 0 Å². The molecule has 6 heteroatoms. The minimum Gasteiger partial charge on any atom is -0.480 e. The lowest BCUT2D eigenvalue weighted by atomic mass is 10.1. The molecule has 100 valence electrons. The zero-order valence-corrected chi connectivity index (χ0v) is 9.84. The Morgan fingerprint density at radius 2 is 1.89 bits per heavy atom. The number of aliphatic carboxylic acids is 1. The third-order valence-electron chi connectivity index (χ3n) is 2.50. The molecule has 0 fully saturated rings. The predicted octanol–water partition coefficient (Wildman–Crippen LogP) is 2.45. The number of rotatable bonds is 6. The van der Waals surface area contributed by atoms with Crippen LogP contribution in [0.1, 0.15) is 25.3 Å². The van der Waals surface area contributed by atoms with Crippen molar-refractivity contribution in [2.24, 2.45) is 0 Å². The molecule has 18 heavy (non-hydrogen) atoms. The Hall–Kier alpha value is -1.56. The Balaban J connectivity index is 2.73. The van der Waals surface area contributed by atoms with Crippen LogP contribution in [0.15, 0.2) is 12.1 Å². The largest absolute Gasteiger partial charge is 0.480 e. The zero-order chi connectivity index (χ0) is 13.7. The highest BCUT2D eigenvalue weighted by atomic mass is 19.2. The summed E-state index contributed by atoms with van der Waals surface area (Å²) in [5, 5.41) is 11.5. The van der Waals surface area contributed by atoms with Crippen LogP contribution in [-0.2, 0) is 11.3 Å². The van der Waals surface area contributed by atoms with Gasteiger partial charge in [-0.2, -0.15) is 0 Å². The molecule has 1 aromatic carbocycles. The van der Waals surface area contributed by atoms with E-state index in [9.17, 15) is 18.0 Å². The number of carboxylic acids is 1. The van der Waals surface area contributed by atoms with Gasteiger partial charge < -0.3 is 10.4 Å². The molecule has 1 rings (SSSR count). The van der Waals surface area contributed by atoms with Crippen molar-refractivity contribution in [2.75, 3.05) is 0 Å². The molecule has 0 bridgehead atoms. The van der Waals surface area contributed by atoms with Crippen LogP contribution < -0.4 is 5.32 Å². The van der Waals surface area contributed by atoms with E-state index < -0.39 is 29.5 Å². The summed E-state index contributed by atoms with van der Waals surface area (Å²) in [6.07, 6.45) is 1.02. The molecule has 2 N–H and O–H groups in total. The van der Waals surface area contributed by atoms with Crippen LogP contribution in [0, 0.1) is 17.5 Å². The van der Waals surface area contributed by atoms with Crippen LogP contribution in [0.2, 0.25) is 0 Å². The molecule has 0 heterocycles. The third-order valence-corrected chi connectivity index (χ3v) is 2.50. The van der Waals surface area contributed by atoms with Gasteiger partial charge in [0.2, 0.25) is 0 Å². The highest BCUT2D eigenvalue weighted by Gasteiger charge is 2.17. The SMILES string of the molecule is CCCC(NCc1cc(F)c(F)cc1F)C(=O)O. The van der Waals surface area contributed by atoms with Crippen LogP contribution in [0.4, 0.5) is 13.2 Å². The summed E-state index contributed by atoms with van der Waals surface area (Å²) in [7, 11) is 0. The van der Waals surface area contributed by atoms with Gasteiger partial charge >= 0.3 is 5.97 Å². The van der Waals surface area contributed by atoms with E-state index in [1.807, 2.05) is 6.92 Å². The van der Waals surface area contributed by atoms with Crippen LogP contribution in [-0.4, -0.2) is 17.1 Å². The van der Waals surface area contributed by atoms with Gasteiger partial charge in [0, 0.05) is 18.2 Å². The van der Waals surface area contributed by atoms with Crippen molar-refractivity contribution < 1.29 is 23.1 Å². The first-order valence-corrected chi connectivity index (χ1v) is 5.55. The van der Waals surface area contributed by atoms with Gasteiger partial charge in [0.1, 0.15) is 11.9 Å². The summed E-state index contributed by atoms with van der Waals surface area (Å²) in [4.78, 5) is 10.8. The quantitative estimate of drug-likeness (QED) is 0.773. The fourth-order valence-corrected chi connectivity index (χ4v) is 1.53. The van der Waals surface area contributed by atoms with Crippen molar-refractivity contribution >= 4 is 5.97 Å². The summed E-state index contributed by atoms with van der Waals surface area (Å²) in [5.74, 6) is -4.38. The van der Waals surface area contributed by atoms with Crippen molar-refractivity contribution in [1.29, 1.82) is 0 Å². The van der Waals surface area contributed by atoms with E-state index in [4.69, 9.17) is 5.11 Å². The monoisotopic (exact) mass is 261 g/mol. The number of nitrogens with one attached hydrogen (secondary N) is 1. The zero-order valence-electron chi connectivity index (χ0n) is 9.84. The van der Waals surface area contributed by atoms with E-state index in [0.29, 0.717) is 18.9 Å². The minimum atomic E-state index is -1.26. The fraction of sp³-hybridized carbons (Fsp3) is 0.417. The topological polar surface area (TPSA) is 49.3 Å². The van der Waals surface area contributed by atoms with Gasteiger partial charge in [-0.1, -0.05) is 13.3 Å². The molecule has 1 atom stereocenters. The maximum atomic E-state index is 13.3. The molecule has 1 aromatic rings. The predicted molar refractivity (Wildman–Crippen MR) is 59.5 cm³/mol. The number of hydrogen-bond donors (Lipinski definition) is 2. The first-order valence-electron chi connectivity index (χ1n) is 5.55. The molecule has 0 aliphatic heterocycles. The second-order valence-corrected chi connectivity index (χ2v) is 3.92. The second-order valence-electron chi connectivity index (χ2n) is 3.92. The maximum absolute atomic E-state index is 13.3. The van der Waals surface area contributed by atoms with E-state index in [-0.39, 0.29) is 12.1 Å². The maximum Gasteiger partial charge on any atom is 0.320 e. The van der Waals surface area contributed by atoms with Crippen LogP contribution >= 0.6 is 0 Å². The van der Waals surface area contributed by atoms with Crippen molar-refractivity contribution in [1.82, 2.24) is 5.32 Å². The van der Waals surface area contributed by atoms with Gasteiger partial charge in [0.05, 0.1) is 0 Å². The highest BCUT2D eigenvalue weighted by Crippen LogP contribution is 2.14. The number of hydrogen-bond acceptors (Lipinski definition) is 2. The third kappa shape index (κ3) is 3.73. The molecule has 0 saturated heterocycles. The lowest BCUT2D eigenvalue weighted by Gasteiger charge is -2.13. The molecular weight excluding hydrogens is 247 g/mol. The Labute approximate surface area is 103 Å². The average molecular weight is 261 g/mol. The number of benzene rings is 1. The lowest BCUT2D eigenvalue weighted by Crippen LogP contribution is -2.36. The molecule has 3 nitrogen and oxygen atoms in total. The molecule has 0 radical (unpaired) electrons. The Morgan fingerprint density at radius 3 is 2.44 bits per heavy atom. The standard InChI is InChI=1S/C12H14F3NO2/c1-2-3-11(12(17)18)16-6-7-4-9(14)10(15)5-8(7)13/h4-5,11,16H,2-3,6H2,1H3,(H,17,18). The average Bonchev–Trinajstić information content (AvgIpc) is 2.30. The highest BCUT2D eigenvalue weighted by molar-refractivity contribution is 5.73. The van der Waals surface area contributed by atoms with Crippen LogP contribution in [0.5, 0.6) is 0 Å². The van der Waals surface area contributed by atoms with Gasteiger partial charge in [-0.25, -0.2) is 13.2 Å². The van der Waals surface area contributed by atoms with Crippen molar-refractivity contribution in [3.63, 3.8) is 0 Å². The number of halogens is 3. The minimum absolute atomic E-state index is 0.101. The Bertz CT molecular complexity index is 438. The Kier molecular flexibility index (Phi) is 5.15. The number of carbonyl (C=O) groups is 1. The van der Waals surface area contributed by atoms with Gasteiger partial charge in [-0.05, 0) is 12.5 Å². The van der Waals surface area contributed by atoms with E-state index >= 15 is 0 Å². The second kappa shape index (κ2) is 6.39. The molecule has 0 aliphatic rings. The smallest absolute Gasteiger partial charge is 0.320 e. The summed E-state index contributed by atoms with van der Waals surface area (Å²) in [5.41, 5.74) is -0.101. The summed E-state index contributed by atoms with van der Waals surface area (Å²) < 4.78 is 38.9. The van der Waals surface area contributed by atoms with Crippen molar-refractivity contribution in [3.8, 4) is 0 Å². The van der Waals surface area contributed by atoms with Gasteiger partial charge in [-0.3, -0.25) is 4.79 Å². The van der Waals surface area contributed by atoms with Crippen molar-refractivity contribution in [3.05, 3.63) is 35.1 Å². The van der Waals surface area contributed by atoms with E-state index in [1.165, 1.54) is 0 Å². The first kappa shape index (κ1) is 14.5. The van der Waals surface area contributed by atoms with Gasteiger partial charge in [0.15, 0.2) is 11.6 Å². The molecule has 0 saturated carbocycles. The number of carboxylic acid groups (broad SMARTS) is 1. The molecular formula is C12H14F3NO2. The lowest BCUT2D eigenvalue weighted by molar-refractivity contribution is -0.139. The van der Waals surface area contributed by atoms with Crippen LogP contribution in [0.3, 0.4) is 0 Å². The van der Waals surface area contributed by atoms with E-state index in [0.717, 1.165) is 6.07 Å². The van der Waals surface area contributed by atoms with E-state index in [2.05, 4.69) is 5.32 Å².